The molecule has 0 fully saturated rings. The molecule has 2 aliphatic rings. The summed E-state index contributed by atoms with van der Waals surface area (Å²) in [5, 5.41) is 0. The third-order valence-electron chi connectivity index (χ3n) is 8.66. The van der Waals surface area contributed by atoms with Gasteiger partial charge in [0.2, 0.25) is 0 Å². The molecule has 0 heterocycles. The number of hydrogen-bond acceptors (Lipinski definition) is 0. The number of fused-ring (bicyclic) bond motifs is 10. The summed E-state index contributed by atoms with van der Waals surface area (Å²) in [6.07, 6.45) is 0. The summed E-state index contributed by atoms with van der Waals surface area (Å²) in [5.74, 6) is 1.02. The van der Waals surface area contributed by atoms with Gasteiger partial charge in [0.1, 0.15) is 0 Å². The first kappa shape index (κ1) is 22.3. The standard InChI is InChI=1S/C37H32/c1-23(2)27-19-17-25(21-32(27)24(3)4)26-18-20-31-30-13-7-10-16-35(30)37(36(31)22-26)33-14-8-5-11-28(33)29-12-6-9-15-34(29)37/h5-24H,1-4H3. The molecule has 0 N–H and O–H groups in total. The van der Waals surface area contributed by atoms with Crippen LogP contribution in [0.1, 0.15) is 72.9 Å². The lowest BCUT2D eigenvalue weighted by Gasteiger charge is -2.30. The zero-order chi connectivity index (χ0) is 25.3. The Labute approximate surface area is 220 Å². The molecule has 5 aromatic carbocycles. The van der Waals surface area contributed by atoms with Crippen LogP contribution in [0.3, 0.4) is 0 Å². The third-order valence-corrected chi connectivity index (χ3v) is 8.66. The van der Waals surface area contributed by atoms with Gasteiger partial charge in [0.25, 0.3) is 0 Å². The minimum absolute atomic E-state index is 0.284. The van der Waals surface area contributed by atoms with E-state index in [1.54, 1.807) is 0 Å². The average Bonchev–Trinajstić information content (AvgIpc) is 3.40. The minimum atomic E-state index is -0.284. The van der Waals surface area contributed by atoms with Gasteiger partial charge >= 0.3 is 0 Å². The number of rotatable bonds is 3. The second-order valence-corrected chi connectivity index (χ2v) is 11.3. The molecule has 5 aromatic rings. The molecule has 0 heteroatoms. The smallest absolute Gasteiger partial charge is 0.0619 e. The summed E-state index contributed by atoms with van der Waals surface area (Å²) in [7, 11) is 0. The summed E-state index contributed by atoms with van der Waals surface area (Å²) >= 11 is 0. The Hall–Kier alpha value is -3.90. The summed E-state index contributed by atoms with van der Waals surface area (Å²) in [6, 6.07) is 41.4. The average molecular weight is 477 g/mol. The van der Waals surface area contributed by atoms with Gasteiger partial charge in [-0.1, -0.05) is 131 Å². The lowest BCUT2D eigenvalue weighted by Crippen LogP contribution is -2.25. The Morgan fingerprint density at radius 1 is 0.405 bits per heavy atom. The third kappa shape index (κ3) is 2.96. The van der Waals surface area contributed by atoms with E-state index >= 15 is 0 Å². The molecule has 0 nitrogen and oxygen atoms in total. The molecule has 0 amide bonds. The summed E-state index contributed by atoms with van der Waals surface area (Å²) in [4.78, 5) is 0. The van der Waals surface area contributed by atoms with Gasteiger partial charge in [0.05, 0.1) is 5.41 Å². The van der Waals surface area contributed by atoms with E-state index in [1.807, 2.05) is 0 Å². The van der Waals surface area contributed by atoms with Crippen LogP contribution >= 0.6 is 0 Å². The summed E-state index contributed by atoms with van der Waals surface area (Å²) in [6.45, 7) is 9.22. The highest BCUT2D eigenvalue weighted by Crippen LogP contribution is 2.62. The minimum Gasteiger partial charge on any atom is -0.0619 e. The molecule has 1 spiro atoms. The van der Waals surface area contributed by atoms with Gasteiger partial charge in [-0.15, -0.1) is 0 Å². The lowest BCUT2D eigenvalue weighted by atomic mass is 9.70. The molecule has 0 bridgehead atoms. The molecular formula is C37H32. The SMILES string of the molecule is CC(C)c1ccc(-c2ccc3c(c2)C2(c4ccccc4-c4ccccc42)c2ccccc2-3)cc1C(C)C. The van der Waals surface area contributed by atoms with Crippen molar-refractivity contribution in [3.8, 4) is 33.4 Å². The Balaban J connectivity index is 1.53. The number of benzene rings is 5. The van der Waals surface area contributed by atoms with Gasteiger partial charge in [-0.25, -0.2) is 0 Å². The Morgan fingerprint density at radius 2 is 0.838 bits per heavy atom. The quantitative estimate of drug-likeness (QED) is 0.238. The van der Waals surface area contributed by atoms with Gasteiger partial charge in [0, 0.05) is 0 Å². The van der Waals surface area contributed by atoms with Crippen molar-refractivity contribution < 1.29 is 0 Å². The van der Waals surface area contributed by atoms with Crippen LogP contribution in [0.25, 0.3) is 33.4 Å². The normalized spacial score (nSPS) is 14.1. The molecule has 180 valence electrons. The van der Waals surface area contributed by atoms with Crippen molar-refractivity contribution >= 4 is 0 Å². The van der Waals surface area contributed by atoms with Crippen LogP contribution in [0, 0.1) is 0 Å². The van der Waals surface area contributed by atoms with Crippen LogP contribution < -0.4 is 0 Å². The highest BCUT2D eigenvalue weighted by Gasteiger charge is 2.51. The Morgan fingerprint density at radius 3 is 1.35 bits per heavy atom. The van der Waals surface area contributed by atoms with Crippen LogP contribution in [0.4, 0.5) is 0 Å². The molecular weight excluding hydrogens is 444 g/mol. The van der Waals surface area contributed by atoms with Gasteiger partial charge in [0.15, 0.2) is 0 Å². The molecule has 0 aromatic heterocycles. The first-order valence-corrected chi connectivity index (χ1v) is 13.6. The van der Waals surface area contributed by atoms with Gasteiger partial charge < -0.3 is 0 Å². The number of hydrogen-bond donors (Lipinski definition) is 0. The van der Waals surface area contributed by atoms with Crippen molar-refractivity contribution in [1.82, 2.24) is 0 Å². The maximum absolute atomic E-state index is 2.49. The van der Waals surface area contributed by atoms with Crippen molar-refractivity contribution in [2.45, 2.75) is 44.9 Å². The van der Waals surface area contributed by atoms with E-state index in [9.17, 15) is 0 Å². The van der Waals surface area contributed by atoms with Crippen LogP contribution in [-0.2, 0) is 5.41 Å². The second-order valence-electron chi connectivity index (χ2n) is 11.3. The molecule has 0 aliphatic heterocycles. The Bertz CT molecular complexity index is 1620. The van der Waals surface area contributed by atoms with Crippen LogP contribution in [0.5, 0.6) is 0 Å². The van der Waals surface area contributed by atoms with E-state index in [1.165, 1.54) is 66.8 Å². The van der Waals surface area contributed by atoms with Crippen molar-refractivity contribution in [1.29, 1.82) is 0 Å². The second kappa shape index (κ2) is 8.05. The van der Waals surface area contributed by atoms with Crippen molar-refractivity contribution in [2.24, 2.45) is 0 Å². The molecule has 37 heavy (non-hydrogen) atoms. The zero-order valence-corrected chi connectivity index (χ0v) is 22.0. The van der Waals surface area contributed by atoms with Crippen LogP contribution in [-0.4, -0.2) is 0 Å². The molecule has 2 aliphatic carbocycles. The van der Waals surface area contributed by atoms with E-state index in [0.29, 0.717) is 11.8 Å². The fraction of sp³-hybridized carbons (Fsp3) is 0.189. The maximum Gasteiger partial charge on any atom is 0.0725 e. The highest BCUT2D eigenvalue weighted by molar-refractivity contribution is 5.95. The molecule has 7 rings (SSSR count). The van der Waals surface area contributed by atoms with E-state index in [0.717, 1.165) is 0 Å². The van der Waals surface area contributed by atoms with E-state index in [-0.39, 0.29) is 5.41 Å². The fourth-order valence-electron chi connectivity index (χ4n) is 7.05. The zero-order valence-electron chi connectivity index (χ0n) is 22.0. The first-order chi connectivity index (χ1) is 18.0. The van der Waals surface area contributed by atoms with Crippen LogP contribution in [0.2, 0.25) is 0 Å². The van der Waals surface area contributed by atoms with Crippen molar-refractivity contribution in [3.05, 3.63) is 143 Å². The monoisotopic (exact) mass is 476 g/mol. The summed E-state index contributed by atoms with van der Waals surface area (Å²) < 4.78 is 0. The lowest BCUT2D eigenvalue weighted by molar-refractivity contribution is 0.790. The predicted octanol–water partition coefficient (Wildman–Crippen LogP) is 9.94. The van der Waals surface area contributed by atoms with Crippen molar-refractivity contribution in [3.63, 3.8) is 0 Å². The summed E-state index contributed by atoms with van der Waals surface area (Å²) in [5.41, 5.74) is 16.3. The fourth-order valence-corrected chi connectivity index (χ4v) is 7.05. The van der Waals surface area contributed by atoms with Gasteiger partial charge in [-0.2, -0.15) is 0 Å². The van der Waals surface area contributed by atoms with Crippen LogP contribution in [0.15, 0.2) is 109 Å². The molecule has 0 unspecified atom stereocenters. The molecule has 0 saturated carbocycles. The molecule has 0 saturated heterocycles. The van der Waals surface area contributed by atoms with Gasteiger partial charge in [-0.05, 0) is 84.7 Å². The maximum atomic E-state index is 2.49. The Kier molecular flexibility index (Phi) is 4.85. The predicted molar refractivity (Wildman–Crippen MR) is 156 cm³/mol. The van der Waals surface area contributed by atoms with Gasteiger partial charge in [-0.3, -0.25) is 0 Å². The topological polar surface area (TPSA) is 0 Å². The largest absolute Gasteiger partial charge is 0.0725 e. The highest BCUT2D eigenvalue weighted by atomic mass is 14.5. The van der Waals surface area contributed by atoms with E-state index < -0.39 is 0 Å². The van der Waals surface area contributed by atoms with E-state index in [4.69, 9.17) is 0 Å². The molecule has 0 atom stereocenters. The first-order valence-electron chi connectivity index (χ1n) is 13.6. The molecule has 0 radical (unpaired) electrons. The van der Waals surface area contributed by atoms with Crippen molar-refractivity contribution in [2.75, 3.05) is 0 Å². The van der Waals surface area contributed by atoms with E-state index in [2.05, 4.69) is 137 Å².